The van der Waals surface area contributed by atoms with E-state index < -0.39 is 313 Å². The summed E-state index contributed by atoms with van der Waals surface area (Å²) in [7, 11) is 1.89. The number of hydrogen-bond acceptors (Lipinski definition) is 24. The lowest BCUT2D eigenvalue weighted by molar-refractivity contribution is -0.161. The van der Waals surface area contributed by atoms with E-state index in [-0.39, 0.29) is 125 Å². The van der Waals surface area contributed by atoms with Crippen molar-refractivity contribution >= 4 is 23.9 Å². The summed E-state index contributed by atoms with van der Waals surface area (Å²) in [4.78, 5) is 58.5. The summed E-state index contributed by atoms with van der Waals surface area (Å²) in [6, 6.07) is -13.5. The minimum Gasteiger partial charge on any atom is -0.493 e. The number of piperidine rings is 4. The number of nitrogens with two attached hydrogens (primary N) is 4. The molecule has 0 spiro atoms. The van der Waals surface area contributed by atoms with Gasteiger partial charge in [0.1, 0.15) is 48.4 Å². The van der Waals surface area contributed by atoms with Crippen LogP contribution in [0.2, 0.25) is 0 Å². The first-order valence-electron chi connectivity index (χ1n) is 69.3. The average molecular weight is 1740 g/mol. The molecule has 0 saturated carbocycles. The highest BCUT2D eigenvalue weighted by Crippen LogP contribution is 2.50. The number of carbonyl (C=O) groups is 4. The van der Waals surface area contributed by atoms with Gasteiger partial charge in [0.25, 0.3) is 0 Å². The number of carbonyl (C=O) groups excluding carboxylic acids is 4. The van der Waals surface area contributed by atoms with Crippen LogP contribution in [0, 0.1) is 70.8 Å². The number of hydrogen-bond donors (Lipinski definition) is 4. The molecule has 12 unspecified atom stereocenters. The fraction of sp³-hybridized carbons (Fsp3) is 0.708. The second-order valence-electron chi connectivity index (χ2n) is 30.1. The molecule has 120 heavy (non-hydrogen) atoms. The summed E-state index contributed by atoms with van der Waals surface area (Å²) in [6.07, 6.45) is -28.6. The van der Waals surface area contributed by atoms with Gasteiger partial charge in [0.2, 0.25) is 0 Å². The van der Waals surface area contributed by atoms with Crippen LogP contribution in [0.25, 0.3) is 0 Å². The highest BCUT2D eigenvalue weighted by molar-refractivity contribution is 5.77. The number of rotatable bonds is 28. The zero-order chi connectivity index (χ0) is 142. The molecule has 8 aliphatic rings. The Bertz CT molecular complexity index is 6650. The largest absolute Gasteiger partial charge is 0.493 e. The molecule has 4 saturated heterocycles. The Morgan fingerprint density at radius 2 is 0.617 bits per heavy atom. The first-order valence-corrected chi connectivity index (χ1v) is 38.3. The van der Waals surface area contributed by atoms with E-state index in [4.69, 9.17) is 143 Å². The van der Waals surface area contributed by atoms with Crippen LogP contribution in [-0.2, 0) is 63.8 Å². The van der Waals surface area contributed by atoms with Crippen molar-refractivity contribution in [1.29, 1.82) is 0 Å². The molecule has 12 rings (SSSR count). The summed E-state index contributed by atoms with van der Waals surface area (Å²) in [5, 5.41) is 0. The Labute approximate surface area is 805 Å². The summed E-state index contributed by atoms with van der Waals surface area (Å²) in [5.41, 5.74) is 24.1. The van der Waals surface area contributed by atoms with Crippen molar-refractivity contribution in [2.24, 2.45) is 93.8 Å². The monoisotopic (exact) mass is 1740 g/mol. The van der Waals surface area contributed by atoms with Crippen LogP contribution in [0.4, 0.5) is 0 Å². The van der Waals surface area contributed by atoms with E-state index in [1.54, 1.807) is 33.8 Å². The molecule has 4 aromatic carbocycles. The maximum atomic E-state index is 13.7. The molecule has 8 heterocycles. The standard InChI is InChI=1S/4C24H38N2O4/c4*1-14(2)9-17-13-26-8-7-16-10-21(28-5)22(29-6)11-18(16)19(26)12-20(17)30-24(27)23(25)15(3)4/h4*10-11,14-15,17,19-20,23H,7-9,12-13,25H2,1-6H3/t4*17?,19?,20?,23-/m0000/s1/i2*3D3,4D3,5D3,12D2,13D2,15D,17D,20D,23D;3D3,4D3,12D2,13D2,15D,17D,20D,23D;3D3,4D3,12D2,13D2,15D,17D,19D,23D. The molecule has 24 heteroatoms. The van der Waals surface area contributed by atoms with E-state index in [9.17, 15) is 41.1 Å². The molecule has 0 aromatic heterocycles. The smallest absolute Gasteiger partial charge is 0.323 e. The van der Waals surface area contributed by atoms with Crippen molar-refractivity contribution in [2.75, 3.05) is 109 Å². The Hall–Kier alpha value is -7.16. The maximum absolute atomic E-state index is 13.7. The van der Waals surface area contributed by atoms with Gasteiger partial charge in [-0.3, -0.25) is 38.8 Å². The highest BCUT2D eigenvalue weighted by atomic mass is 16.6. The van der Waals surface area contributed by atoms with E-state index in [0.717, 1.165) is 33.8 Å². The van der Waals surface area contributed by atoms with E-state index >= 15 is 0 Å². The van der Waals surface area contributed by atoms with Gasteiger partial charge in [0.05, 0.1) is 75.9 Å². The number of fused-ring (bicyclic) bond motifs is 12. The Morgan fingerprint density at radius 3 is 0.900 bits per heavy atom. The van der Waals surface area contributed by atoms with Gasteiger partial charge < -0.3 is 79.8 Å². The zero-order valence-electron chi connectivity index (χ0n) is 131. The van der Waals surface area contributed by atoms with Gasteiger partial charge >= 0.3 is 23.9 Å². The van der Waals surface area contributed by atoms with E-state index in [0.29, 0.717) is 16.9 Å². The molecule has 672 valence electrons. The van der Waals surface area contributed by atoms with Crippen LogP contribution in [0.15, 0.2) is 48.5 Å². The highest BCUT2D eigenvalue weighted by Gasteiger charge is 2.47. The fourth-order valence-corrected chi connectivity index (χ4v) is 14.0. The van der Waals surface area contributed by atoms with E-state index in [1.165, 1.54) is 98.6 Å². The molecular formula is C96H152N8O16. The minimum absolute atomic E-state index is 0.0114. The molecule has 8 aliphatic heterocycles. The predicted octanol–water partition coefficient (Wildman–Crippen LogP) is 14.3. The van der Waals surface area contributed by atoms with Gasteiger partial charge in [0, 0.05) is 191 Å². The molecular weight excluding hydrogens is 1520 g/mol. The molecule has 24 nitrogen and oxygen atoms in total. The third-order valence-corrected chi connectivity index (χ3v) is 19.7. The van der Waals surface area contributed by atoms with Gasteiger partial charge in [-0.15, -0.1) is 0 Å². The molecule has 0 bridgehead atoms. The molecule has 8 N–H and O–H groups in total. The summed E-state index contributed by atoms with van der Waals surface area (Å²) in [6.45, 7) is -31.5. The van der Waals surface area contributed by atoms with Crippen molar-refractivity contribution in [3.05, 3.63) is 93.0 Å². The van der Waals surface area contributed by atoms with Gasteiger partial charge in [-0.05, 0) is 192 Å². The second-order valence-corrected chi connectivity index (χ2v) is 30.1. The minimum atomic E-state index is -4.08. The molecule has 0 aliphatic carbocycles. The topological polar surface area (TPSA) is 296 Å². The van der Waals surface area contributed by atoms with Crippen LogP contribution >= 0.6 is 0 Å². The van der Waals surface area contributed by atoms with Crippen molar-refractivity contribution < 1.29 is 161 Å². The van der Waals surface area contributed by atoms with Gasteiger partial charge in [-0.1, -0.05) is 110 Å². The summed E-state index contributed by atoms with van der Waals surface area (Å²) < 4.78 is 581. The van der Waals surface area contributed by atoms with Crippen molar-refractivity contribution in [3.8, 4) is 46.0 Å². The number of ether oxygens (including phenoxy) is 12. The second kappa shape index (κ2) is 43.9. The Morgan fingerprint density at radius 1 is 0.367 bits per heavy atom. The van der Waals surface area contributed by atoms with Crippen LogP contribution in [-0.4, -0.2) is 201 Å². The number of benzene rings is 4. The quantitative estimate of drug-likeness (QED) is 0.0303. The first kappa shape index (κ1) is 42.2. The molecule has 0 amide bonds. The number of esters is 4. The van der Waals surface area contributed by atoms with Crippen molar-refractivity contribution in [1.82, 2.24) is 19.6 Å². The van der Waals surface area contributed by atoms with Crippen LogP contribution in [0.3, 0.4) is 0 Å². The van der Waals surface area contributed by atoms with E-state index in [2.05, 4.69) is 0 Å². The Balaban J connectivity index is 0.000000265. The molecule has 4 fully saturated rings. The normalized spacial score (nSPS) is 43.2. The first-order chi connectivity index (χ1) is 80.8. The van der Waals surface area contributed by atoms with Gasteiger partial charge in [0.15, 0.2) is 46.0 Å². The summed E-state index contributed by atoms with van der Waals surface area (Å²) >= 11 is 0. The summed E-state index contributed by atoms with van der Waals surface area (Å²) in [5.74, 6) is -39.6. The SMILES string of the molecule is [2H]C([2H])([2H])C([2H])(C([2H])([2H])[2H])[C@]([2H])(N)C(=O)OC1([2H])C([2H])([2H])C2c3cc(OC)c(OC)cc3CCN2C([2H])([2H])C1([2H])CC(C)C.[2H]C([2H])([2H])C([2H])(C([2H])([2H])[2H])[C@]([2H])(N)C(=O)OC1C([2H])([2H])C2([2H])c3cc(OC)c(OC)cc3CCN2C([2H])([2H])C1([2H])CC(C)C.[2H]C([2H])([2H])Oc1cc2c(cc1OC)C1N(CC2)C([2H])([2H])C([2H])(CC(C)C)C([2H])(OC(=O)[C@@]([2H])(N)C([2H])(C([2H])([2H])[2H])C([2H])([2H])[2H])C1([2H])[2H].[2H]C([2H])([2H])Oc1cc2c(cc1OC)C1N(CC2)C([2H])([2H])C([2H])(CC(C)C)C([2H])(OC(=O)[C@@]([2H])(N)C([2H])(C([2H])([2H])[2H])C([2H])([2H])[2H])C1([2H])[2H]. The van der Waals surface area contributed by atoms with Crippen LogP contribution < -0.4 is 60.8 Å². The molecule has 4 aromatic rings. The lowest BCUT2D eigenvalue weighted by Gasteiger charge is -2.47. The fourth-order valence-electron chi connectivity index (χ4n) is 14.0. The van der Waals surface area contributed by atoms with Gasteiger partial charge in [-0.2, -0.15) is 0 Å². The van der Waals surface area contributed by atoms with Crippen LogP contribution in [0.1, 0.15) is 315 Å². The van der Waals surface area contributed by atoms with Gasteiger partial charge in [-0.25, -0.2) is 0 Å². The number of nitrogens with zero attached hydrogens (tertiary/aromatic N) is 4. The third kappa shape index (κ3) is 23.8. The van der Waals surface area contributed by atoms with Crippen molar-refractivity contribution in [3.63, 3.8) is 0 Å². The third-order valence-electron chi connectivity index (χ3n) is 19.7. The number of methoxy groups -OCH3 is 8. The average Bonchev–Trinajstić information content (AvgIpc) is 0.672. The maximum Gasteiger partial charge on any atom is 0.323 e. The Kier molecular flexibility index (Phi) is 15.5. The molecule has 0 radical (unpaired) electrons. The van der Waals surface area contributed by atoms with E-state index in [1.807, 2.05) is 0 Å². The zero-order valence-corrected chi connectivity index (χ0v) is 69.4. The molecule has 16 atom stereocenters. The predicted molar refractivity (Wildman–Crippen MR) is 471 cm³/mol. The lowest BCUT2D eigenvalue weighted by atomic mass is 9.79. The lowest BCUT2D eigenvalue weighted by Crippen LogP contribution is -2.51. The van der Waals surface area contributed by atoms with Crippen LogP contribution in [0.5, 0.6) is 46.0 Å². The van der Waals surface area contributed by atoms with Crippen molar-refractivity contribution in [2.45, 2.75) is 260 Å².